The van der Waals surface area contributed by atoms with Crippen LogP contribution >= 0.6 is 0 Å². The molecule has 0 fully saturated rings. The zero-order valence-electron chi connectivity index (χ0n) is 16.4. The van der Waals surface area contributed by atoms with Gasteiger partial charge in [-0.05, 0) is 19.5 Å². The fourth-order valence-corrected chi connectivity index (χ4v) is 2.55. The van der Waals surface area contributed by atoms with Crippen molar-refractivity contribution in [1.29, 1.82) is 0 Å². The second kappa shape index (κ2) is 12.9. The van der Waals surface area contributed by atoms with Crippen molar-refractivity contribution in [3.63, 3.8) is 0 Å². The highest BCUT2D eigenvalue weighted by Gasteiger charge is 2.20. The van der Waals surface area contributed by atoms with Gasteiger partial charge in [0.1, 0.15) is 12.2 Å². The molecule has 1 heterocycles. The highest BCUT2D eigenvalue weighted by atomic mass is 16.5. The first kappa shape index (κ1) is 22.7. The molecule has 0 unspecified atom stereocenters. The first-order valence-corrected chi connectivity index (χ1v) is 9.40. The van der Waals surface area contributed by atoms with Gasteiger partial charge in [0.2, 0.25) is 18.3 Å². The number of aromatic nitrogens is 3. The Morgan fingerprint density at radius 2 is 2.00 bits per heavy atom. The van der Waals surface area contributed by atoms with E-state index in [1.165, 1.54) is 6.33 Å². The topological polar surface area (TPSA) is 124 Å². The first-order chi connectivity index (χ1) is 13.0. The van der Waals surface area contributed by atoms with Crippen LogP contribution in [0.1, 0.15) is 52.3 Å². The molecule has 0 bridgehead atoms. The summed E-state index contributed by atoms with van der Waals surface area (Å²) < 4.78 is 0. The number of rotatable bonds is 14. The molecule has 1 atom stereocenters. The minimum atomic E-state index is -0.531. The lowest BCUT2D eigenvalue weighted by atomic mass is 10.0. The molecule has 0 aliphatic heterocycles. The average molecular weight is 381 g/mol. The van der Waals surface area contributed by atoms with Gasteiger partial charge in [-0.25, -0.2) is 10.0 Å². The van der Waals surface area contributed by atoms with Crippen molar-refractivity contribution in [1.82, 2.24) is 30.3 Å². The normalized spacial score (nSPS) is 11.9. The number of anilines is 1. The van der Waals surface area contributed by atoms with Crippen LogP contribution < -0.4 is 10.9 Å². The number of hydrogen-bond acceptors (Lipinski definition) is 8. The van der Waals surface area contributed by atoms with E-state index in [1.54, 1.807) is 0 Å². The van der Waals surface area contributed by atoms with Crippen LogP contribution in [0.15, 0.2) is 6.33 Å². The summed E-state index contributed by atoms with van der Waals surface area (Å²) >= 11 is 0. The molecule has 10 nitrogen and oxygen atoms in total. The van der Waals surface area contributed by atoms with Crippen molar-refractivity contribution in [3.05, 3.63) is 12.2 Å². The maximum absolute atomic E-state index is 12.4. The van der Waals surface area contributed by atoms with Crippen LogP contribution in [0.25, 0.3) is 0 Å². The van der Waals surface area contributed by atoms with Crippen LogP contribution in [0, 0.1) is 5.92 Å². The Labute approximate surface area is 160 Å². The van der Waals surface area contributed by atoms with Crippen LogP contribution in [0.4, 0.5) is 5.95 Å². The fourth-order valence-electron chi connectivity index (χ4n) is 2.55. The van der Waals surface area contributed by atoms with E-state index in [1.807, 2.05) is 0 Å². The zero-order valence-corrected chi connectivity index (χ0v) is 16.4. The molecule has 10 heteroatoms. The number of hydrogen-bond donors (Lipinski definition) is 3. The van der Waals surface area contributed by atoms with E-state index >= 15 is 0 Å². The van der Waals surface area contributed by atoms with Gasteiger partial charge in [-0.2, -0.15) is 9.97 Å². The highest BCUT2D eigenvalue weighted by Crippen LogP contribution is 2.11. The number of nitrogens with zero attached hydrogens (tertiary/aromatic N) is 5. The van der Waals surface area contributed by atoms with Crippen molar-refractivity contribution in [3.8, 4) is 0 Å². The Bertz CT molecular complexity index is 569. The molecule has 0 aliphatic rings. The Morgan fingerprint density at radius 3 is 2.63 bits per heavy atom. The summed E-state index contributed by atoms with van der Waals surface area (Å²) in [6.45, 7) is 8.49. The number of hydrazine groups is 1. The van der Waals surface area contributed by atoms with Gasteiger partial charge in [0, 0.05) is 0 Å². The summed E-state index contributed by atoms with van der Waals surface area (Å²) in [5, 5.41) is 9.90. The molecule has 0 saturated carbocycles. The minimum absolute atomic E-state index is 0.0643. The van der Waals surface area contributed by atoms with Gasteiger partial charge in [-0.15, -0.1) is 0 Å². The molecule has 0 aromatic carbocycles. The average Bonchev–Trinajstić information content (AvgIpc) is 2.69. The van der Waals surface area contributed by atoms with Crippen LogP contribution in [0.5, 0.6) is 0 Å². The lowest BCUT2D eigenvalue weighted by molar-refractivity contribution is -0.154. The number of unbranched alkanes of at least 4 members (excludes halogenated alkanes) is 2. The molecule has 1 rings (SSSR count). The summed E-state index contributed by atoms with van der Waals surface area (Å²) in [4.78, 5) is 37.6. The maximum Gasteiger partial charge on any atom is 0.245 e. The van der Waals surface area contributed by atoms with Gasteiger partial charge in [-0.3, -0.25) is 30.5 Å². The highest BCUT2D eigenvalue weighted by molar-refractivity contribution is 5.80. The van der Waals surface area contributed by atoms with Crippen LogP contribution in [-0.4, -0.2) is 62.1 Å². The molecule has 152 valence electrons. The minimum Gasteiger partial charge on any atom is -0.296 e. The monoisotopic (exact) mass is 381 g/mol. The number of carbonyl (C=O) groups is 2. The van der Waals surface area contributed by atoms with Crippen molar-refractivity contribution in [2.24, 2.45) is 5.92 Å². The zero-order chi connectivity index (χ0) is 20.1. The quantitative estimate of drug-likeness (QED) is 0.190. The smallest absolute Gasteiger partial charge is 0.245 e. The van der Waals surface area contributed by atoms with Crippen molar-refractivity contribution in [2.75, 3.05) is 25.1 Å². The molecule has 27 heavy (non-hydrogen) atoms. The molecule has 0 radical (unpaired) electrons. The van der Waals surface area contributed by atoms with Crippen LogP contribution in [-0.2, 0) is 16.1 Å². The van der Waals surface area contributed by atoms with E-state index in [2.05, 4.69) is 51.5 Å². The molecule has 3 N–H and O–H groups in total. The summed E-state index contributed by atoms with van der Waals surface area (Å²) in [6.07, 6.45) is 5.08. The van der Waals surface area contributed by atoms with Crippen molar-refractivity contribution in [2.45, 2.75) is 53.0 Å². The lowest BCUT2D eigenvalue weighted by Gasteiger charge is -2.20. The van der Waals surface area contributed by atoms with E-state index < -0.39 is 5.92 Å². The lowest BCUT2D eigenvalue weighted by Crippen LogP contribution is -2.40. The van der Waals surface area contributed by atoms with Gasteiger partial charge in [0.25, 0.3) is 0 Å². The van der Waals surface area contributed by atoms with Crippen LogP contribution in [0.3, 0.4) is 0 Å². The summed E-state index contributed by atoms with van der Waals surface area (Å²) in [7, 11) is 0. The van der Waals surface area contributed by atoms with E-state index in [0.29, 0.717) is 30.3 Å². The Balaban J connectivity index is 2.64. The molecule has 1 aromatic heterocycles. The number of hydroxylamine groups is 2. The van der Waals surface area contributed by atoms with Crippen molar-refractivity contribution < 1.29 is 14.8 Å². The summed E-state index contributed by atoms with van der Waals surface area (Å²) in [6, 6.07) is 0. The van der Waals surface area contributed by atoms with Gasteiger partial charge >= 0.3 is 0 Å². The summed E-state index contributed by atoms with van der Waals surface area (Å²) in [5.41, 5.74) is 5.24. The van der Waals surface area contributed by atoms with E-state index in [-0.39, 0.29) is 18.4 Å². The van der Waals surface area contributed by atoms with Gasteiger partial charge in [0.15, 0.2) is 0 Å². The van der Waals surface area contributed by atoms with E-state index in [0.717, 1.165) is 32.4 Å². The Hall–Kier alpha value is -2.33. The second-order valence-corrected chi connectivity index (χ2v) is 6.22. The van der Waals surface area contributed by atoms with Crippen molar-refractivity contribution >= 4 is 18.3 Å². The van der Waals surface area contributed by atoms with E-state index in [9.17, 15) is 14.8 Å². The predicted molar refractivity (Wildman–Crippen MR) is 100 cm³/mol. The molecule has 2 amide bonds. The largest absolute Gasteiger partial charge is 0.296 e. The molecular weight excluding hydrogens is 350 g/mol. The number of amides is 2. The standard InChI is InChI=1S/C17H31N7O3/c1-4-7-8-9-14(10-24(27)13-25)16(26)21-22-17-19-12-18-15(20-17)11-23(5-2)6-3/h12-14,27H,4-11H2,1-3H3,(H,21,26)(H,18,19,20,22)/t14-/m1/s1. The molecular formula is C17H31N7O3. The SMILES string of the molecule is CCCCC[C@H](CN(O)C=O)C(=O)NNc1ncnc(CN(CC)CC)n1. The fraction of sp³-hybridized carbons (Fsp3) is 0.706. The number of nitrogens with one attached hydrogen (secondary N) is 2. The second-order valence-electron chi connectivity index (χ2n) is 6.22. The Kier molecular flexibility index (Phi) is 10.9. The molecule has 0 saturated heterocycles. The predicted octanol–water partition coefficient (Wildman–Crippen LogP) is 1.20. The third kappa shape index (κ3) is 8.74. The third-order valence-corrected chi connectivity index (χ3v) is 4.23. The third-order valence-electron chi connectivity index (χ3n) is 4.23. The maximum atomic E-state index is 12.4. The number of carbonyl (C=O) groups excluding carboxylic acids is 2. The summed E-state index contributed by atoms with van der Waals surface area (Å²) in [5.74, 6) is -0.0228. The van der Waals surface area contributed by atoms with E-state index in [4.69, 9.17) is 0 Å². The van der Waals surface area contributed by atoms with Gasteiger partial charge in [-0.1, -0.05) is 40.0 Å². The molecule has 0 spiro atoms. The van der Waals surface area contributed by atoms with Gasteiger partial charge in [0.05, 0.1) is 19.0 Å². The molecule has 1 aromatic rings. The van der Waals surface area contributed by atoms with Gasteiger partial charge < -0.3 is 0 Å². The first-order valence-electron chi connectivity index (χ1n) is 9.40. The van der Waals surface area contributed by atoms with Crippen LogP contribution in [0.2, 0.25) is 0 Å². The Morgan fingerprint density at radius 1 is 1.26 bits per heavy atom. The molecule has 0 aliphatic carbocycles.